The van der Waals surface area contributed by atoms with Crippen LogP contribution in [-0.2, 0) is 4.74 Å². The number of Topliss-reactive ketones (excluding diaryl/α,β-unsaturated/α-hetero) is 1. The van der Waals surface area contributed by atoms with Crippen LogP contribution in [0, 0.1) is 0 Å². The molecule has 2 rings (SSSR count). The highest BCUT2D eigenvalue weighted by molar-refractivity contribution is 5.97. The first-order valence-corrected chi connectivity index (χ1v) is 5.90. The van der Waals surface area contributed by atoms with E-state index in [0.717, 1.165) is 0 Å². The quantitative estimate of drug-likeness (QED) is 0.821. The smallest absolute Gasteiger partial charge is 0.414 e. The van der Waals surface area contributed by atoms with Crippen molar-refractivity contribution < 1.29 is 14.3 Å². The van der Waals surface area contributed by atoms with Crippen molar-refractivity contribution in [2.45, 2.75) is 19.4 Å². The van der Waals surface area contributed by atoms with Crippen LogP contribution in [0.5, 0.6) is 0 Å². The molecule has 1 aromatic carbocycles. The van der Waals surface area contributed by atoms with Gasteiger partial charge in [0.15, 0.2) is 5.78 Å². The molecule has 96 valence electrons. The Bertz CT molecular complexity index is 473. The number of amides is 1. The number of rotatable bonds is 4. The Balaban J connectivity index is 2.31. The van der Waals surface area contributed by atoms with Crippen molar-refractivity contribution in [3.8, 4) is 0 Å². The number of ketones is 1. The molecule has 1 atom stereocenters. The molecule has 0 saturated carbocycles. The summed E-state index contributed by atoms with van der Waals surface area (Å²) in [5, 5.41) is 0. The molecule has 1 unspecified atom stereocenters. The lowest BCUT2D eigenvalue weighted by molar-refractivity contribution is 0.101. The maximum atomic E-state index is 11.7. The summed E-state index contributed by atoms with van der Waals surface area (Å²) in [5.74, 6) is -0.0280. The molecule has 1 amide bonds. The molecule has 1 fully saturated rings. The van der Waals surface area contributed by atoms with Crippen molar-refractivity contribution in [3.05, 3.63) is 29.8 Å². The van der Waals surface area contributed by atoms with Crippen LogP contribution in [0.3, 0.4) is 0 Å². The Kier molecular flexibility index (Phi) is 3.62. The van der Waals surface area contributed by atoms with Gasteiger partial charge in [0.05, 0.1) is 6.04 Å². The predicted octanol–water partition coefficient (Wildman–Crippen LogP) is 1.56. The van der Waals surface area contributed by atoms with Crippen LogP contribution < -0.4 is 10.6 Å². The van der Waals surface area contributed by atoms with Gasteiger partial charge in [-0.1, -0.05) is 12.1 Å². The Hall–Kier alpha value is -1.88. The van der Waals surface area contributed by atoms with Crippen LogP contribution in [0.15, 0.2) is 24.3 Å². The SMILES string of the molecule is CC(=O)c1cccc(N2C(=O)OCC2CCN)c1. The van der Waals surface area contributed by atoms with E-state index < -0.39 is 0 Å². The number of nitrogens with two attached hydrogens (primary N) is 1. The fourth-order valence-electron chi connectivity index (χ4n) is 2.06. The summed E-state index contributed by atoms with van der Waals surface area (Å²) < 4.78 is 5.03. The van der Waals surface area contributed by atoms with E-state index in [1.807, 2.05) is 0 Å². The Morgan fingerprint density at radius 3 is 3.00 bits per heavy atom. The Morgan fingerprint density at radius 1 is 1.56 bits per heavy atom. The van der Waals surface area contributed by atoms with Gasteiger partial charge in [-0.05, 0) is 32.0 Å². The van der Waals surface area contributed by atoms with Crippen LogP contribution in [0.25, 0.3) is 0 Å². The molecule has 1 heterocycles. The number of cyclic esters (lactones) is 1. The third kappa shape index (κ3) is 2.36. The van der Waals surface area contributed by atoms with Crippen molar-refractivity contribution in [3.63, 3.8) is 0 Å². The monoisotopic (exact) mass is 248 g/mol. The minimum atomic E-state index is -0.380. The van der Waals surface area contributed by atoms with Gasteiger partial charge < -0.3 is 10.5 Å². The molecule has 0 aliphatic carbocycles. The summed E-state index contributed by atoms with van der Waals surface area (Å²) >= 11 is 0. The molecule has 5 heteroatoms. The molecule has 5 nitrogen and oxygen atoms in total. The average Bonchev–Trinajstić information content (AvgIpc) is 2.71. The lowest BCUT2D eigenvalue weighted by Gasteiger charge is -2.21. The topological polar surface area (TPSA) is 72.6 Å². The molecule has 1 saturated heterocycles. The van der Waals surface area contributed by atoms with Gasteiger partial charge in [-0.2, -0.15) is 0 Å². The van der Waals surface area contributed by atoms with Gasteiger partial charge in [-0.15, -0.1) is 0 Å². The van der Waals surface area contributed by atoms with Crippen LogP contribution >= 0.6 is 0 Å². The molecule has 0 spiro atoms. The molecule has 18 heavy (non-hydrogen) atoms. The number of carbonyl (C=O) groups excluding carboxylic acids is 2. The predicted molar refractivity (Wildman–Crippen MR) is 67.7 cm³/mol. The van der Waals surface area contributed by atoms with Gasteiger partial charge >= 0.3 is 6.09 Å². The van der Waals surface area contributed by atoms with Gasteiger partial charge in [-0.25, -0.2) is 4.79 Å². The zero-order chi connectivity index (χ0) is 13.1. The third-order valence-electron chi connectivity index (χ3n) is 2.99. The summed E-state index contributed by atoms with van der Waals surface area (Å²) in [7, 11) is 0. The summed E-state index contributed by atoms with van der Waals surface area (Å²) in [6, 6.07) is 6.94. The van der Waals surface area contributed by atoms with Crippen LogP contribution in [-0.4, -0.2) is 31.1 Å². The second-order valence-electron chi connectivity index (χ2n) is 4.28. The largest absolute Gasteiger partial charge is 0.447 e. The minimum absolute atomic E-state index is 0.0280. The molecule has 1 aliphatic rings. The number of hydrogen-bond acceptors (Lipinski definition) is 4. The number of anilines is 1. The number of nitrogens with zero attached hydrogens (tertiary/aromatic N) is 1. The maximum Gasteiger partial charge on any atom is 0.414 e. The van der Waals surface area contributed by atoms with Crippen molar-refractivity contribution in [2.24, 2.45) is 5.73 Å². The van der Waals surface area contributed by atoms with E-state index in [1.165, 1.54) is 6.92 Å². The lowest BCUT2D eigenvalue weighted by Crippen LogP contribution is -2.35. The second-order valence-corrected chi connectivity index (χ2v) is 4.28. The summed E-state index contributed by atoms with van der Waals surface area (Å²) in [4.78, 5) is 24.6. The summed E-state index contributed by atoms with van der Waals surface area (Å²) in [6.45, 7) is 2.34. The van der Waals surface area contributed by atoms with Crippen molar-refractivity contribution in [1.29, 1.82) is 0 Å². The molecule has 0 radical (unpaired) electrons. The van der Waals surface area contributed by atoms with E-state index in [4.69, 9.17) is 10.5 Å². The normalized spacial score (nSPS) is 18.9. The van der Waals surface area contributed by atoms with Crippen LogP contribution in [0.4, 0.5) is 10.5 Å². The summed E-state index contributed by atoms with van der Waals surface area (Å²) in [5.41, 5.74) is 6.79. The number of carbonyl (C=O) groups is 2. The summed E-state index contributed by atoms with van der Waals surface area (Å²) in [6.07, 6.45) is 0.296. The van der Waals surface area contributed by atoms with Gasteiger partial charge in [0.1, 0.15) is 6.61 Å². The van der Waals surface area contributed by atoms with Crippen molar-refractivity contribution in [1.82, 2.24) is 0 Å². The maximum absolute atomic E-state index is 11.7. The van der Waals surface area contributed by atoms with E-state index in [9.17, 15) is 9.59 Å². The molecular formula is C13H16N2O3. The molecule has 2 N–H and O–H groups in total. The second kappa shape index (κ2) is 5.18. The standard InChI is InChI=1S/C13H16N2O3/c1-9(16)10-3-2-4-11(7-10)15-12(5-6-14)8-18-13(15)17/h2-4,7,12H,5-6,8,14H2,1H3. The van der Waals surface area contributed by atoms with Crippen LogP contribution in [0.2, 0.25) is 0 Å². The van der Waals surface area contributed by atoms with Crippen molar-refractivity contribution >= 4 is 17.6 Å². The average molecular weight is 248 g/mol. The lowest BCUT2D eigenvalue weighted by atomic mass is 10.1. The number of hydrogen-bond donors (Lipinski definition) is 1. The molecule has 0 aromatic heterocycles. The first-order valence-electron chi connectivity index (χ1n) is 5.90. The fourth-order valence-corrected chi connectivity index (χ4v) is 2.06. The molecular weight excluding hydrogens is 232 g/mol. The van der Waals surface area contributed by atoms with E-state index in [-0.39, 0.29) is 17.9 Å². The zero-order valence-electron chi connectivity index (χ0n) is 10.3. The Labute approximate surface area is 106 Å². The first kappa shape index (κ1) is 12.6. The first-order chi connectivity index (χ1) is 8.63. The van der Waals surface area contributed by atoms with Gasteiger partial charge in [0.2, 0.25) is 0 Å². The minimum Gasteiger partial charge on any atom is -0.447 e. The third-order valence-corrected chi connectivity index (χ3v) is 2.99. The zero-order valence-corrected chi connectivity index (χ0v) is 10.3. The highest BCUT2D eigenvalue weighted by Crippen LogP contribution is 2.25. The van der Waals surface area contributed by atoms with Gasteiger partial charge in [0, 0.05) is 11.3 Å². The van der Waals surface area contributed by atoms with Crippen molar-refractivity contribution in [2.75, 3.05) is 18.1 Å². The highest BCUT2D eigenvalue weighted by atomic mass is 16.6. The highest BCUT2D eigenvalue weighted by Gasteiger charge is 2.33. The van der Waals surface area contributed by atoms with Gasteiger partial charge in [0.25, 0.3) is 0 Å². The van der Waals surface area contributed by atoms with Crippen LogP contribution in [0.1, 0.15) is 23.7 Å². The Morgan fingerprint density at radius 2 is 2.33 bits per heavy atom. The number of ether oxygens (including phenoxy) is 1. The van der Waals surface area contributed by atoms with E-state index in [0.29, 0.717) is 30.8 Å². The van der Waals surface area contributed by atoms with E-state index in [2.05, 4.69) is 0 Å². The molecule has 1 aromatic rings. The number of benzene rings is 1. The fraction of sp³-hybridized carbons (Fsp3) is 0.385. The van der Waals surface area contributed by atoms with E-state index in [1.54, 1.807) is 29.2 Å². The molecule has 0 bridgehead atoms. The van der Waals surface area contributed by atoms with E-state index >= 15 is 0 Å². The molecule has 1 aliphatic heterocycles. The van der Waals surface area contributed by atoms with Gasteiger partial charge in [-0.3, -0.25) is 9.69 Å².